The van der Waals surface area contributed by atoms with E-state index in [9.17, 15) is 4.79 Å². The molecular weight excluding hydrogens is 248 g/mol. The van der Waals surface area contributed by atoms with Crippen LogP contribution in [0.2, 0.25) is 0 Å². The van der Waals surface area contributed by atoms with Crippen molar-refractivity contribution < 1.29 is 9.53 Å². The number of carbonyl (C=O) groups is 1. The lowest BCUT2D eigenvalue weighted by molar-refractivity contribution is -0.117. The van der Waals surface area contributed by atoms with Crippen molar-refractivity contribution in [2.75, 3.05) is 24.4 Å². The van der Waals surface area contributed by atoms with Gasteiger partial charge in [-0.25, -0.2) is 0 Å². The fraction of sp³-hybridized carbons (Fsp3) is 0.462. The summed E-state index contributed by atoms with van der Waals surface area (Å²) in [5.74, 6) is 1.35. The van der Waals surface area contributed by atoms with Gasteiger partial charge in [-0.2, -0.15) is 11.8 Å². The molecule has 0 saturated heterocycles. The SMILES string of the molecule is COc1cc(C)ccc1NC(=O)[C@@H](N)CCSC. The predicted molar refractivity (Wildman–Crippen MR) is 77.3 cm³/mol. The molecule has 0 radical (unpaired) electrons. The Morgan fingerprint density at radius 3 is 2.89 bits per heavy atom. The number of benzene rings is 1. The average molecular weight is 268 g/mol. The number of carbonyl (C=O) groups excluding carboxylic acids is 1. The van der Waals surface area contributed by atoms with Crippen LogP contribution >= 0.6 is 11.8 Å². The van der Waals surface area contributed by atoms with Crippen molar-refractivity contribution in [1.82, 2.24) is 0 Å². The van der Waals surface area contributed by atoms with E-state index in [0.29, 0.717) is 17.9 Å². The Labute approximate surface area is 112 Å². The fourth-order valence-corrected chi connectivity index (χ4v) is 1.99. The van der Waals surface area contributed by atoms with Crippen LogP contribution in [0.15, 0.2) is 18.2 Å². The first kappa shape index (κ1) is 14.9. The lowest BCUT2D eigenvalue weighted by Gasteiger charge is -2.14. The number of nitrogens with two attached hydrogens (primary N) is 1. The normalized spacial score (nSPS) is 12.0. The largest absolute Gasteiger partial charge is 0.495 e. The number of nitrogens with one attached hydrogen (secondary N) is 1. The summed E-state index contributed by atoms with van der Waals surface area (Å²) in [6, 6.07) is 5.14. The Kier molecular flexibility index (Phi) is 6.01. The van der Waals surface area contributed by atoms with Crippen LogP contribution in [0.5, 0.6) is 5.75 Å². The summed E-state index contributed by atoms with van der Waals surface area (Å²) in [7, 11) is 1.58. The van der Waals surface area contributed by atoms with Gasteiger partial charge in [-0.3, -0.25) is 4.79 Å². The number of aryl methyl sites for hydroxylation is 1. The summed E-state index contributed by atoms with van der Waals surface area (Å²) in [6.07, 6.45) is 2.66. The minimum atomic E-state index is -0.483. The minimum absolute atomic E-state index is 0.175. The van der Waals surface area contributed by atoms with Gasteiger partial charge in [0.1, 0.15) is 5.75 Å². The summed E-state index contributed by atoms with van der Waals surface area (Å²) < 4.78 is 5.23. The van der Waals surface area contributed by atoms with Crippen molar-refractivity contribution >= 4 is 23.4 Å². The third-order valence-electron chi connectivity index (χ3n) is 2.58. The molecule has 18 heavy (non-hydrogen) atoms. The highest BCUT2D eigenvalue weighted by molar-refractivity contribution is 7.98. The van der Waals surface area contributed by atoms with Gasteiger partial charge in [0.2, 0.25) is 5.91 Å². The second-order valence-corrected chi connectivity index (χ2v) is 5.07. The second-order valence-electron chi connectivity index (χ2n) is 4.08. The van der Waals surface area contributed by atoms with E-state index in [2.05, 4.69) is 5.32 Å². The maximum Gasteiger partial charge on any atom is 0.241 e. The Morgan fingerprint density at radius 2 is 2.28 bits per heavy atom. The van der Waals surface area contributed by atoms with Crippen LogP contribution in [0.4, 0.5) is 5.69 Å². The van der Waals surface area contributed by atoms with E-state index in [4.69, 9.17) is 10.5 Å². The van der Waals surface area contributed by atoms with Crippen LogP contribution in [-0.4, -0.2) is 31.1 Å². The molecule has 4 nitrogen and oxygen atoms in total. The Morgan fingerprint density at radius 1 is 1.56 bits per heavy atom. The van der Waals surface area contributed by atoms with Gasteiger partial charge in [0.15, 0.2) is 0 Å². The van der Waals surface area contributed by atoms with Gasteiger partial charge in [-0.1, -0.05) is 6.07 Å². The predicted octanol–water partition coefficient (Wildman–Crippen LogP) is 2.02. The Balaban J connectivity index is 2.69. The summed E-state index contributed by atoms with van der Waals surface area (Å²) in [4.78, 5) is 11.9. The van der Waals surface area contributed by atoms with Crippen molar-refractivity contribution in [3.8, 4) is 5.75 Å². The van der Waals surface area contributed by atoms with Gasteiger partial charge in [-0.05, 0) is 43.0 Å². The van der Waals surface area contributed by atoms with E-state index >= 15 is 0 Å². The topological polar surface area (TPSA) is 64.3 Å². The smallest absolute Gasteiger partial charge is 0.241 e. The third kappa shape index (κ3) is 4.23. The molecule has 100 valence electrons. The van der Waals surface area contributed by atoms with Crippen LogP contribution in [0, 0.1) is 6.92 Å². The second kappa shape index (κ2) is 7.28. The molecule has 1 amide bonds. The molecule has 0 aliphatic heterocycles. The highest BCUT2D eigenvalue weighted by atomic mass is 32.2. The van der Waals surface area contributed by atoms with E-state index < -0.39 is 6.04 Å². The van der Waals surface area contributed by atoms with Crippen molar-refractivity contribution in [2.45, 2.75) is 19.4 Å². The quantitative estimate of drug-likeness (QED) is 0.828. The first-order valence-electron chi connectivity index (χ1n) is 5.78. The number of thioether (sulfide) groups is 1. The van der Waals surface area contributed by atoms with Gasteiger partial charge in [0.05, 0.1) is 18.8 Å². The Bertz CT molecular complexity index is 410. The molecule has 0 aliphatic rings. The first-order chi connectivity index (χ1) is 8.58. The molecular formula is C13H20N2O2S. The van der Waals surface area contributed by atoms with Crippen LogP contribution in [0.1, 0.15) is 12.0 Å². The van der Waals surface area contributed by atoms with E-state index in [1.165, 1.54) is 0 Å². The highest BCUT2D eigenvalue weighted by Gasteiger charge is 2.14. The molecule has 0 heterocycles. The molecule has 0 unspecified atom stereocenters. The van der Waals surface area contributed by atoms with Gasteiger partial charge < -0.3 is 15.8 Å². The van der Waals surface area contributed by atoms with Crippen molar-refractivity contribution in [1.29, 1.82) is 0 Å². The zero-order chi connectivity index (χ0) is 13.5. The zero-order valence-corrected chi connectivity index (χ0v) is 11.8. The molecule has 0 bridgehead atoms. The van der Waals surface area contributed by atoms with E-state index in [-0.39, 0.29) is 5.91 Å². The van der Waals surface area contributed by atoms with Crippen molar-refractivity contribution in [2.24, 2.45) is 5.73 Å². The molecule has 0 spiro atoms. The molecule has 0 saturated carbocycles. The number of rotatable bonds is 6. The van der Waals surface area contributed by atoms with Crippen LogP contribution in [0.25, 0.3) is 0 Å². The van der Waals surface area contributed by atoms with E-state index in [1.807, 2.05) is 31.4 Å². The third-order valence-corrected chi connectivity index (χ3v) is 3.23. The van der Waals surface area contributed by atoms with E-state index in [0.717, 1.165) is 11.3 Å². The number of amides is 1. The van der Waals surface area contributed by atoms with E-state index in [1.54, 1.807) is 18.9 Å². The molecule has 5 heteroatoms. The average Bonchev–Trinajstić information content (AvgIpc) is 2.37. The first-order valence-corrected chi connectivity index (χ1v) is 7.18. The van der Waals surface area contributed by atoms with Crippen LogP contribution in [-0.2, 0) is 4.79 Å². The molecule has 1 aromatic carbocycles. The summed E-state index contributed by atoms with van der Waals surface area (Å²) in [5, 5.41) is 2.80. The molecule has 0 aliphatic carbocycles. The van der Waals surface area contributed by atoms with Gasteiger partial charge in [-0.15, -0.1) is 0 Å². The van der Waals surface area contributed by atoms with Crippen molar-refractivity contribution in [3.63, 3.8) is 0 Å². The fourth-order valence-electron chi connectivity index (χ4n) is 1.50. The zero-order valence-electron chi connectivity index (χ0n) is 11.0. The highest BCUT2D eigenvalue weighted by Crippen LogP contribution is 2.25. The number of anilines is 1. The summed E-state index contributed by atoms with van der Waals surface area (Å²) >= 11 is 1.68. The van der Waals surface area contributed by atoms with Crippen LogP contribution < -0.4 is 15.8 Å². The van der Waals surface area contributed by atoms with Crippen LogP contribution in [0.3, 0.4) is 0 Å². The number of hydrogen-bond donors (Lipinski definition) is 2. The van der Waals surface area contributed by atoms with Crippen molar-refractivity contribution in [3.05, 3.63) is 23.8 Å². The number of hydrogen-bond acceptors (Lipinski definition) is 4. The van der Waals surface area contributed by atoms with Gasteiger partial charge in [0, 0.05) is 0 Å². The Hall–Kier alpha value is -1.20. The number of methoxy groups -OCH3 is 1. The molecule has 3 N–H and O–H groups in total. The minimum Gasteiger partial charge on any atom is -0.495 e. The summed E-state index contributed by atoms with van der Waals surface area (Å²) in [5.41, 5.74) is 7.55. The maximum atomic E-state index is 11.9. The molecule has 0 fully saturated rings. The van der Waals surface area contributed by atoms with Gasteiger partial charge in [0.25, 0.3) is 0 Å². The number of ether oxygens (including phenoxy) is 1. The lowest BCUT2D eigenvalue weighted by atomic mass is 10.2. The summed E-state index contributed by atoms with van der Waals surface area (Å²) in [6.45, 7) is 1.97. The monoisotopic (exact) mass is 268 g/mol. The standard InChI is InChI=1S/C13H20N2O2S/c1-9-4-5-11(12(8-9)17-2)15-13(16)10(14)6-7-18-3/h4-5,8,10H,6-7,14H2,1-3H3,(H,15,16)/t10-/m0/s1. The maximum absolute atomic E-state index is 11.9. The molecule has 1 aromatic rings. The molecule has 1 atom stereocenters. The molecule has 0 aromatic heterocycles. The molecule has 1 rings (SSSR count). The lowest BCUT2D eigenvalue weighted by Crippen LogP contribution is -2.36. The van der Waals surface area contributed by atoms with Gasteiger partial charge >= 0.3 is 0 Å².